The molecule has 2 aromatic rings. The quantitative estimate of drug-likeness (QED) is 0.759. The van der Waals surface area contributed by atoms with Gasteiger partial charge in [-0.1, -0.05) is 24.3 Å². The number of anilines is 2. The maximum atomic E-state index is 4.49. The Morgan fingerprint density at radius 1 is 0.667 bits per heavy atom. The molecule has 0 unspecified atom stereocenters. The fourth-order valence-electron chi connectivity index (χ4n) is 2.14. The third-order valence-corrected chi connectivity index (χ3v) is 3.70. The second kappa shape index (κ2) is 8.29. The van der Waals surface area contributed by atoms with Gasteiger partial charge in [-0.3, -0.25) is 9.98 Å². The summed E-state index contributed by atoms with van der Waals surface area (Å²) in [7, 11) is 8.13. The van der Waals surface area contributed by atoms with Crippen LogP contribution in [0.25, 0.3) is 0 Å². The molecule has 126 valence electrons. The summed E-state index contributed by atoms with van der Waals surface area (Å²) in [4.78, 5) is 13.1. The normalized spacial score (nSPS) is 12.7. The first-order valence-electron chi connectivity index (χ1n) is 8.07. The van der Waals surface area contributed by atoms with E-state index in [1.807, 2.05) is 47.5 Å². The Hall–Kier alpha value is -2.62. The van der Waals surface area contributed by atoms with Crippen LogP contribution in [0.2, 0.25) is 0 Å². The van der Waals surface area contributed by atoms with Crippen molar-refractivity contribution in [1.29, 1.82) is 0 Å². The van der Waals surface area contributed by atoms with E-state index in [0.717, 1.165) is 11.1 Å². The van der Waals surface area contributed by atoms with Crippen LogP contribution in [0.5, 0.6) is 0 Å². The molecule has 0 heterocycles. The van der Waals surface area contributed by atoms with Crippen LogP contribution in [-0.4, -0.2) is 46.8 Å². The van der Waals surface area contributed by atoms with Crippen molar-refractivity contribution >= 4 is 23.8 Å². The van der Waals surface area contributed by atoms with Crippen molar-refractivity contribution in [2.45, 2.75) is 13.1 Å². The molecule has 4 heteroatoms. The lowest BCUT2D eigenvalue weighted by Crippen LogP contribution is -2.08. The molecule has 0 aliphatic carbocycles. The molecule has 0 saturated carbocycles. The number of hydrogen-bond acceptors (Lipinski definition) is 4. The highest BCUT2D eigenvalue weighted by molar-refractivity contribution is 5.82. The molecular formula is C20H26N4. The van der Waals surface area contributed by atoms with Gasteiger partial charge < -0.3 is 9.80 Å². The lowest BCUT2D eigenvalue weighted by atomic mass is 10.2. The van der Waals surface area contributed by atoms with Crippen LogP contribution < -0.4 is 9.80 Å². The molecule has 0 atom stereocenters. The van der Waals surface area contributed by atoms with Crippen molar-refractivity contribution in [3.8, 4) is 0 Å². The minimum atomic E-state index is -0.105. The predicted molar refractivity (Wildman–Crippen MR) is 106 cm³/mol. The van der Waals surface area contributed by atoms with E-state index in [4.69, 9.17) is 0 Å². The molecule has 0 aliphatic rings. The van der Waals surface area contributed by atoms with E-state index in [0.29, 0.717) is 0 Å². The van der Waals surface area contributed by atoms with Gasteiger partial charge in [0.1, 0.15) is 6.17 Å². The first-order valence-corrected chi connectivity index (χ1v) is 8.07. The largest absolute Gasteiger partial charge is 0.378 e. The Morgan fingerprint density at radius 2 is 1.00 bits per heavy atom. The zero-order valence-corrected chi connectivity index (χ0v) is 15.1. The Labute approximate surface area is 145 Å². The van der Waals surface area contributed by atoms with Gasteiger partial charge in [0.2, 0.25) is 0 Å². The minimum absolute atomic E-state index is 0.105. The molecule has 2 aromatic carbocycles. The predicted octanol–water partition coefficient (Wildman–Crippen LogP) is 3.70. The lowest BCUT2D eigenvalue weighted by molar-refractivity contribution is 0.803. The minimum Gasteiger partial charge on any atom is -0.378 e. The topological polar surface area (TPSA) is 31.2 Å². The first-order chi connectivity index (χ1) is 11.5. The van der Waals surface area contributed by atoms with Gasteiger partial charge in [0.15, 0.2) is 0 Å². The van der Waals surface area contributed by atoms with Crippen LogP contribution in [0.3, 0.4) is 0 Å². The molecule has 24 heavy (non-hydrogen) atoms. The molecule has 0 aliphatic heterocycles. The molecule has 0 radical (unpaired) electrons. The number of aliphatic imine (C=N–C) groups is 2. The molecule has 0 fully saturated rings. The third kappa shape index (κ3) is 5.23. The maximum Gasteiger partial charge on any atom is 0.136 e. The summed E-state index contributed by atoms with van der Waals surface area (Å²) in [5, 5.41) is 0. The number of benzene rings is 2. The zero-order chi connectivity index (χ0) is 17.5. The second-order valence-electron chi connectivity index (χ2n) is 6.16. The van der Waals surface area contributed by atoms with E-state index in [2.05, 4.69) is 68.3 Å². The highest BCUT2D eigenvalue weighted by Crippen LogP contribution is 2.12. The van der Waals surface area contributed by atoms with E-state index in [9.17, 15) is 0 Å². The average molecular weight is 322 g/mol. The van der Waals surface area contributed by atoms with Crippen molar-refractivity contribution in [2.24, 2.45) is 9.98 Å². The Balaban J connectivity index is 1.95. The van der Waals surface area contributed by atoms with Crippen LogP contribution >= 0.6 is 0 Å². The molecule has 4 nitrogen and oxygen atoms in total. The van der Waals surface area contributed by atoms with Crippen LogP contribution in [-0.2, 0) is 0 Å². The van der Waals surface area contributed by atoms with Gasteiger partial charge in [-0.15, -0.1) is 0 Å². The zero-order valence-electron chi connectivity index (χ0n) is 15.1. The maximum absolute atomic E-state index is 4.49. The molecular weight excluding hydrogens is 296 g/mol. The van der Waals surface area contributed by atoms with Gasteiger partial charge >= 0.3 is 0 Å². The summed E-state index contributed by atoms with van der Waals surface area (Å²) in [6, 6.07) is 16.6. The van der Waals surface area contributed by atoms with Crippen LogP contribution in [0.15, 0.2) is 58.5 Å². The van der Waals surface area contributed by atoms with Crippen LogP contribution in [0, 0.1) is 0 Å². The SMILES string of the molecule is CC(N=Cc1ccc(N(C)C)cc1)N=Cc1ccc(N(C)C)cc1. The average Bonchev–Trinajstić information content (AvgIpc) is 2.58. The van der Waals surface area contributed by atoms with Crippen molar-refractivity contribution in [3.05, 3.63) is 59.7 Å². The van der Waals surface area contributed by atoms with Gasteiger partial charge in [0, 0.05) is 52.0 Å². The van der Waals surface area contributed by atoms with Gasteiger partial charge in [-0.25, -0.2) is 0 Å². The molecule has 0 N–H and O–H groups in total. The number of nitrogens with zero attached hydrogens (tertiary/aromatic N) is 4. The Kier molecular flexibility index (Phi) is 6.13. The smallest absolute Gasteiger partial charge is 0.136 e. The van der Waals surface area contributed by atoms with E-state index < -0.39 is 0 Å². The molecule has 0 saturated heterocycles. The fraction of sp³-hybridized carbons (Fsp3) is 0.300. The third-order valence-electron chi connectivity index (χ3n) is 3.70. The highest BCUT2D eigenvalue weighted by atomic mass is 15.1. The summed E-state index contributed by atoms with van der Waals surface area (Å²) >= 11 is 0. The van der Waals surface area contributed by atoms with Gasteiger partial charge in [-0.2, -0.15) is 0 Å². The Morgan fingerprint density at radius 3 is 1.29 bits per heavy atom. The number of hydrogen-bond donors (Lipinski definition) is 0. The van der Waals surface area contributed by atoms with Crippen molar-refractivity contribution in [1.82, 2.24) is 0 Å². The van der Waals surface area contributed by atoms with Gasteiger partial charge in [0.05, 0.1) is 0 Å². The van der Waals surface area contributed by atoms with Gasteiger partial charge in [-0.05, 0) is 42.3 Å². The first kappa shape index (κ1) is 17.7. The molecule has 0 spiro atoms. The molecule has 2 rings (SSSR count). The fourth-order valence-corrected chi connectivity index (χ4v) is 2.14. The summed E-state index contributed by atoms with van der Waals surface area (Å²) in [6.07, 6.45) is 3.64. The lowest BCUT2D eigenvalue weighted by Gasteiger charge is -2.12. The van der Waals surface area contributed by atoms with Crippen LogP contribution in [0.4, 0.5) is 11.4 Å². The summed E-state index contributed by atoms with van der Waals surface area (Å²) < 4.78 is 0. The highest BCUT2D eigenvalue weighted by Gasteiger charge is 1.97. The molecule has 0 bridgehead atoms. The van der Waals surface area contributed by atoms with E-state index in [1.54, 1.807) is 0 Å². The van der Waals surface area contributed by atoms with Crippen molar-refractivity contribution < 1.29 is 0 Å². The van der Waals surface area contributed by atoms with Gasteiger partial charge in [0.25, 0.3) is 0 Å². The van der Waals surface area contributed by atoms with E-state index >= 15 is 0 Å². The van der Waals surface area contributed by atoms with E-state index in [-0.39, 0.29) is 6.17 Å². The number of rotatable bonds is 6. The Bertz CT molecular complexity index is 621. The van der Waals surface area contributed by atoms with Crippen LogP contribution in [0.1, 0.15) is 18.1 Å². The van der Waals surface area contributed by atoms with Crippen molar-refractivity contribution in [2.75, 3.05) is 38.0 Å². The summed E-state index contributed by atoms with van der Waals surface area (Å²) in [6.45, 7) is 1.98. The second-order valence-corrected chi connectivity index (χ2v) is 6.16. The van der Waals surface area contributed by atoms with E-state index in [1.165, 1.54) is 11.4 Å². The molecule has 0 aromatic heterocycles. The summed E-state index contributed by atoms with van der Waals surface area (Å²) in [5.41, 5.74) is 4.52. The summed E-state index contributed by atoms with van der Waals surface area (Å²) in [5.74, 6) is 0. The molecule has 0 amide bonds. The van der Waals surface area contributed by atoms with Crippen molar-refractivity contribution in [3.63, 3.8) is 0 Å². The monoisotopic (exact) mass is 322 g/mol. The standard InChI is InChI=1S/C20H26N4/c1-16(21-14-17-6-10-19(11-7-17)23(2)3)22-15-18-8-12-20(13-9-18)24(4)5/h6-16H,1-5H3.